The molecular weight excluding hydrogens is 265 g/mol. The third-order valence-electron chi connectivity index (χ3n) is 4.20. The summed E-state index contributed by atoms with van der Waals surface area (Å²) in [4.78, 5) is 2.44. The van der Waals surface area contributed by atoms with Gasteiger partial charge in [0.1, 0.15) is 5.82 Å². The van der Waals surface area contributed by atoms with Crippen LogP contribution in [0.25, 0.3) is 0 Å². The molecule has 0 radical (unpaired) electrons. The molecule has 2 aromatic rings. The molecule has 3 rings (SSSR count). The van der Waals surface area contributed by atoms with Crippen molar-refractivity contribution in [1.29, 1.82) is 0 Å². The summed E-state index contributed by atoms with van der Waals surface area (Å²) in [5.74, 6) is -0.196. The molecule has 2 atom stereocenters. The van der Waals surface area contributed by atoms with Gasteiger partial charge in [-0.05, 0) is 30.2 Å². The average Bonchev–Trinajstić information content (AvgIpc) is 2.56. The summed E-state index contributed by atoms with van der Waals surface area (Å²) in [5.41, 5.74) is 2.41. The largest absolute Gasteiger partial charge is 0.378 e. The van der Waals surface area contributed by atoms with Crippen LogP contribution >= 0.6 is 0 Å². The van der Waals surface area contributed by atoms with E-state index in [0.717, 1.165) is 18.7 Å². The van der Waals surface area contributed by atoms with Crippen molar-refractivity contribution < 1.29 is 9.13 Å². The summed E-state index contributed by atoms with van der Waals surface area (Å²) in [6.45, 7) is 4.51. The zero-order valence-corrected chi connectivity index (χ0v) is 12.2. The molecular formula is C18H20FNO. The molecule has 0 N–H and O–H groups in total. The number of hydrogen-bond acceptors (Lipinski definition) is 2. The second-order valence-corrected chi connectivity index (χ2v) is 5.47. The minimum Gasteiger partial charge on any atom is -0.378 e. The van der Waals surface area contributed by atoms with Crippen LogP contribution in [0.1, 0.15) is 30.1 Å². The van der Waals surface area contributed by atoms with E-state index in [1.54, 1.807) is 0 Å². The smallest absolute Gasteiger partial charge is 0.123 e. The van der Waals surface area contributed by atoms with Gasteiger partial charge in [-0.3, -0.25) is 4.90 Å². The van der Waals surface area contributed by atoms with Crippen molar-refractivity contribution in [1.82, 2.24) is 4.90 Å². The van der Waals surface area contributed by atoms with Gasteiger partial charge in [-0.15, -0.1) is 0 Å². The van der Waals surface area contributed by atoms with Gasteiger partial charge in [0, 0.05) is 12.6 Å². The lowest BCUT2D eigenvalue weighted by atomic mass is 9.99. The Balaban J connectivity index is 1.86. The zero-order valence-electron chi connectivity index (χ0n) is 12.2. The molecule has 0 aromatic heterocycles. The summed E-state index contributed by atoms with van der Waals surface area (Å²) < 4.78 is 18.8. The molecule has 21 heavy (non-hydrogen) atoms. The lowest BCUT2D eigenvalue weighted by Crippen LogP contribution is -2.41. The number of ether oxygens (including phenoxy) is 1. The summed E-state index contributed by atoms with van der Waals surface area (Å²) in [5, 5.41) is 0. The van der Waals surface area contributed by atoms with Crippen LogP contribution < -0.4 is 0 Å². The molecule has 2 nitrogen and oxygen atoms in total. The van der Waals surface area contributed by atoms with Gasteiger partial charge < -0.3 is 4.74 Å². The van der Waals surface area contributed by atoms with Crippen LogP contribution in [-0.4, -0.2) is 24.7 Å². The number of morpholine rings is 1. The van der Waals surface area contributed by atoms with Gasteiger partial charge in [0.25, 0.3) is 0 Å². The van der Waals surface area contributed by atoms with E-state index in [4.69, 9.17) is 4.74 Å². The van der Waals surface area contributed by atoms with Gasteiger partial charge >= 0.3 is 0 Å². The van der Waals surface area contributed by atoms with Crippen molar-refractivity contribution in [3.8, 4) is 0 Å². The molecule has 0 amide bonds. The normalized spacial score (nSPS) is 21.1. The SMILES string of the molecule is C[C@H](c1ccccc1)N1CCOCC1c1ccc(F)cc1. The summed E-state index contributed by atoms with van der Waals surface area (Å²) >= 11 is 0. The van der Waals surface area contributed by atoms with Crippen LogP contribution in [0.5, 0.6) is 0 Å². The number of hydrogen-bond donors (Lipinski definition) is 0. The van der Waals surface area contributed by atoms with E-state index in [9.17, 15) is 4.39 Å². The minimum atomic E-state index is -0.196. The zero-order chi connectivity index (χ0) is 14.7. The quantitative estimate of drug-likeness (QED) is 0.846. The minimum absolute atomic E-state index is 0.176. The van der Waals surface area contributed by atoms with Gasteiger partial charge in [0.05, 0.1) is 19.3 Å². The first-order chi connectivity index (χ1) is 10.3. The number of rotatable bonds is 3. The Bertz CT molecular complexity index is 570. The second-order valence-electron chi connectivity index (χ2n) is 5.47. The van der Waals surface area contributed by atoms with Gasteiger partial charge in [-0.25, -0.2) is 4.39 Å². The highest BCUT2D eigenvalue weighted by atomic mass is 19.1. The van der Waals surface area contributed by atoms with Crippen molar-refractivity contribution in [2.75, 3.05) is 19.8 Å². The monoisotopic (exact) mass is 285 g/mol. The van der Waals surface area contributed by atoms with Crippen LogP contribution in [0.3, 0.4) is 0 Å². The first-order valence-electron chi connectivity index (χ1n) is 7.39. The second kappa shape index (κ2) is 6.37. The maximum atomic E-state index is 13.1. The molecule has 1 unspecified atom stereocenters. The molecule has 1 aliphatic rings. The van der Waals surface area contributed by atoms with Crippen LogP contribution in [0, 0.1) is 5.82 Å². The van der Waals surface area contributed by atoms with Crippen molar-refractivity contribution in [3.05, 3.63) is 71.5 Å². The van der Waals surface area contributed by atoms with Gasteiger partial charge in [0.15, 0.2) is 0 Å². The third-order valence-corrected chi connectivity index (χ3v) is 4.20. The van der Waals surface area contributed by atoms with E-state index in [0.29, 0.717) is 12.6 Å². The van der Waals surface area contributed by atoms with Gasteiger partial charge in [-0.2, -0.15) is 0 Å². The highest BCUT2D eigenvalue weighted by molar-refractivity contribution is 5.23. The van der Waals surface area contributed by atoms with E-state index < -0.39 is 0 Å². The Morgan fingerprint density at radius 2 is 1.81 bits per heavy atom. The first-order valence-corrected chi connectivity index (χ1v) is 7.39. The van der Waals surface area contributed by atoms with Crippen LogP contribution in [0.15, 0.2) is 54.6 Å². The van der Waals surface area contributed by atoms with E-state index in [1.165, 1.54) is 17.7 Å². The standard InChI is InChI=1S/C18H20FNO/c1-14(15-5-3-2-4-6-15)20-11-12-21-13-18(20)16-7-9-17(19)10-8-16/h2-10,14,18H,11-13H2,1H3/t14-,18?/m1/s1. The van der Waals surface area contributed by atoms with Crippen LogP contribution in [-0.2, 0) is 4.74 Å². The van der Waals surface area contributed by atoms with E-state index in [1.807, 2.05) is 18.2 Å². The molecule has 0 spiro atoms. The predicted octanol–water partition coefficient (Wildman–Crippen LogP) is 3.96. The topological polar surface area (TPSA) is 12.5 Å². The molecule has 110 valence electrons. The molecule has 0 bridgehead atoms. The van der Waals surface area contributed by atoms with E-state index in [-0.39, 0.29) is 11.9 Å². The fourth-order valence-electron chi connectivity index (χ4n) is 2.98. The number of benzene rings is 2. The van der Waals surface area contributed by atoms with Gasteiger partial charge in [0.2, 0.25) is 0 Å². The van der Waals surface area contributed by atoms with Crippen molar-refractivity contribution >= 4 is 0 Å². The van der Waals surface area contributed by atoms with E-state index >= 15 is 0 Å². The fraction of sp³-hybridized carbons (Fsp3) is 0.333. The number of nitrogens with zero attached hydrogens (tertiary/aromatic N) is 1. The molecule has 0 saturated carbocycles. The Kier molecular flexibility index (Phi) is 4.32. The average molecular weight is 285 g/mol. The maximum Gasteiger partial charge on any atom is 0.123 e. The molecule has 1 fully saturated rings. The summed E-state index contributed by atoms with van der Waals surface area (Å²) in [7, 11) is 0. The fourth-order valence-corrected chi connectivity index (χ4v) is 2.98. The Labute approximate surface area is 125 Å². The van der Waals surface area contributed by atoms with Crippen LogP contribution in [0.2, 0.25) is 0 Å². The van der Waals surface area contributed by atoms with E-state index in [2.05, 4.69) is 36.1 Å². The predicted molar refractivity (Wildman–Crippen MR) is 81.5 cm³/mol. The highest BCUT2D eigenvalue weighted by Crippen LogP contribution is 2.32. The first kappa shape index (κ1) is 14.2. The summed E-state index contributed by atoms with van der Waals surface area (Å²) in [6.07, 6.45) is 0. The lowest BCUT2D eigenvalue weighted by Gasteiger charge is -2.40. The highest BCUT2D eigenvalue weighted by Gasteiger charge is 2.29. The van der Waals surface area contributed by atoms with Crippen molar-refractivity contribution in [2.24, 2.45) is 0 Å². The molecule has 2 aromatic carbocycles. The Morgan fingerprint density at radius 3 is 2.52 bits per heavy atom. The Hall–Kier alpha value is -1.71. The van der Waals surface area contributed by atoms with Crippen molar-refractivity contribution in [3.63, 3.8) is 0 Å². The molecule has 1 heterocycles. The molecule has 1 saturated heterocycles. The molecule has 0 aliphatic carbocycles. The summed E-state index contributed by atoms with van der Waals surface area (Å²) in [6, 6.07) is 17.7. The number of halogens is 1. The van der Waals surface area contributed by atoms with Crippen molar-refractivity contribution in [2.45, 2.75) is 19.0 Å². The molecule has 1 aliphatic heterocycles. The Morgan fingerprint density at radius 1 is 1.10 bits per heavy atom. The maximum absolute atomic E-state index is 13.1. The lowest BCUT2D eigenvalue weighted by molar-refractivity contribution is -0.0275. The van der Waals surface area contributed by atoms with Gasteiger partial charge in [-0.1, -0.05) is 42.5 Å². The third kappa shape index (κ3) is 3.14. The molecule has 3 heteroatoms. The van der Waals surface area contributed by atoms with Crippen LogP contribution in [0.4, 0.5) is 4.39 Å².